The molecule has 0 saturated heterocycles. The van der Waals surface area contributed by atoms with Crippen LogP contribution in [-0.4, -0.2) is 16.7 Å². The summed E-state index contributed by atoms with van der Waals surface area (Å²) in [5.74, 6) is 0. The van der Waals surface area contributed by atoms with E-state index in [-0.39, 0.29) is 6.04 Å². The first-order valence-corrected chi connectivity index (χ1v) is 6.70. The van der Waals surface area contributed by atoms with E-state index in [2.05, 4.69) is 10.3 Å². The number of pyridine rings is 1. The van der Waals surface area contributed by atoms with Crippen LogP contribution in [-0.2, 0) is 4.74 Å². The summed E-state index contributed by atoms with van der Waals surface area (Å²) < 4.78 is 5.24. The van der Waals surface area contributed by atoms with Gasteiger partial charge in [-0.1, -0.05) is 24.3 Å². The molecule has 4 heteroatoms. The predicted molar refractivity (Wildman–Crippen MR) is 79.5 cm³/mol. The number of nitrogens with zero attached hydrogens (tertiary/aromatic N) is 1. The monoisotopic (exact) mass is 272 g/mol. The Kier molecular flexibility index (Phi) is 3.93. The van der Waals surface area contributed by atoms with Crippen LogP contribution in [0.3, 0.4) is 0 Å². The number of hydrogen-bond donors (Lipinski definition) is 1. The van der Waals surface area contributed by atoms with Crippen LogP contribution in [0.5, 0.6) is 0 Å². The molecule has 0 spiro atoms. The van der Waals surface area contributed by atoms with Crippen molar-refractivity contribution in [3.05, 3.63) is 42.1 Å². The number of hydrogen-bond acceptors (Lipinski definition) is 3. The molecule has 0 bridgehead atoms. The van der Waals surface area contributed by atoms with Crippen molar-refractivity contribution in [2.45, 2.75) is 39.3 Å². The lowest BCUT2D eigenvalue weighted by molar-refractivity contribution is 0.0507. The Morgan fingerprint density at radius 3 is 2.60 bits per heavy atom. The summed E-state index contributed by atoms with van der Waals surface area (Å²) in [5.41, 5.74) is 1.23. The molecule has 0 radical (unpaired) electrons. The summed E-state index contributed by atoms with van der Waals surface area (Å²) in [6.07, 6.45) is -0.431. The van der Waals surface area contributed by atoms with E-state index in [0.29, 0.717) is 0 Å². The molecule has 20 heavy (non-hydrogen) atoms. The van der Waals surface area contributed by atoms with Crippen molar-refractivity contribution in [2.75, 3.05) is 0 Å². The van der Waals surface area contributed by atoms with Crippen LogP contribution in [0.4, 0.5) is 4.79 Å². The molecule has 0 saturated carbocycles. The number of carbonyl (C=O) groups is 1. The summed E-state index contributed by atoms with van der Waals surface area (Å²) in [7, 11) is 0. The van der Waals surface area contributed by atoms with Crippen LogP contribution in [0.25, 0.3) is 10.9 Å². The fourth-order valence-electron chi connectivity index (χ4n) is 1.88. The zero-order chi connectivity index (χ0) is 14.8. The molecule has 1 N–H and O–H groups in total. The number of para-hydroxylation sites is 1. The fraction of sp³-hybridized carbons (Fsp3) is 0.375. The lowest BCUT2D eigenvalue weighted by atomic mass is 10.1. The number of carbonyl (C=O) groups excluding carboxylic acids is 1. The van der Waals surface area contributed by atoms with Gasteiger partial charge in [-0.15, -0.1) is 0 Å². The Morgan fingerprint density at radius 1 is 1.20 bits per heavy atom. The molecule has 4 nitrogen and oxygen atoms in total. The summed E-state index contributed by atoms with van der Waals surface area (Å²) >= 11 is 0. The molecule has 0 fully saturated rings. The molecule has 2 aromatic rings. The van der Waals surface area contributed by atoms with E-state index in [9.17, 15) is 4.79 Å². The van der Waals surface area contributed by atoms with Crippen molar-refractivity contribution < 1.29 is 9.53 Å². The van der Waals surface area contributed by atoms with Crippen molar-refractivity contribution in [2.24, 2.45) is 0 Å². The maximum atomic E-state index is 11.7. The molecule has 1 atom stereocenters. The van der Waals surface area contributed by atoms with Crippen LogP contribution in [0.1, 0.15) is 39.4 Å². The normalized spacial score (nSPS) is 13.0. The zero-order valence-corrected chi connectivity index (χ0v) is 12.3. The minimum absolute atomic E-state index is 0.200. The van der Waals surface area contributed by atoms with Crippen molar-refractivity contribution in [1.29, 1.82) is 0 Å². The highest BCUT2D eigenvalue weighted by molar-refractivity contribution is 5.78. The van der Waals surface area contributed by atoms with Gasteiger partial charge in [-0.2, -0.15) is 0 Å². The van der Waals surface area contributed by atoms with Crippen LogP contribution in [0.2, 0.25) is 0 Å². The van der Waals surface area contributed by atoms with Crippen molar-refractivity contribution in [1.82, 2.24) is 10.3 Å². The Bertz CT molecular complexity index is 617. The van der Waals surface area contributed by atoms with Gasteiger partial charge in [-0.25, -0.2) is 4.79 Å². The molecular formula is C16H20N2O2. The van der Waals surface area contributed by atoms with E-state index < -0.39 is 11.7 Å². The third kappa shape index (κ3) is 3.70. The first-order valence-electron chi connectivity index (χ1n) is 6.70. The van der Waals surface area contributed by atoms with Gasteiger partial charge in [0.15, 0.2) is 0 Å². The minimum atomic E-state index is -0.499. The summed E-state index contributed by atoms with van der Waals surface area (Å²) in [4.78, 5) is 16.3. The number of aromatic nitrogens is 1. The van der Waals surface area contributed by atoms with E-state index in [0.717, 1.165) is 16.6 Å². The second-order valence-electron chi connectivity index (χ2n) is 5.80. The van der Waals surface area contributed by atoms with Crippen LogP contribution in [0.15, 0.2) is 36.4 Å². The highest BCUT2D eigenvalue weighted by Gasteiger charge is 2.18. The van der Waals surface area contributed by atoms with Crippen LogP contribution >= 0.6 is 0 Å². The van der Waals surface area contributed by atoms with Crippen molar-refractivity contribution in [3.8, 4) is 0 Å². The van der Waals surface area contributed by atoms with Gasteiger partial charge in [0.1, 0.15) is 5.60 Å². The molecule has 0 aliphatic carbocycles. The van der Waals surface area contributed by atoms with Gasteiger partial charge in [0.2, 0.25) is 0 Å². The summed E-state index contributed by atoms with van der Waals surface area (Å²) in [6, 6.07) is 11.6. The predicted octanol–water partition coefficient (Wildman–Crippen LogP) is 3.82. The average molecular weight is 272 g/mol. The molecule has 1 amide bonds. The average Bonchev–Trinajstić information content (AvgIpc) is 2.35. The maximum Gasteiger partial charge on any atom is 0.408 e. The Balaban J connectivity index is 2.11. The fourth-order valence-corrected chi connectivity index (χ4v) is 1.88. The van der Waals surface area contributed by atoms with Gasteiger partial charge >= 0.3 is 6.09 Å². The smallest absolute Gasteiger partial charge is 0.408 e. The minimum Gasteiger partial charge on any atom is -0.444 e. The topological polar surface area (TPSA) is 51.2 Å². The molecule has 1 aromatic heterocycles. The molecule has 2 rings (SSSR count). The lowest BCUT2D eigenvalue weighted by Gasteiger charge is -2.21. The first kappa shape index (κ1) is 14.3. The van der Waals surface area contributed by atoms with Crippen molar-refractivity contribution >= 4 is 17.0 Å². The molecule has 1 unspecified atom stereocenters. The number of alkyl carbamates (subject to hydrolysis) is 1. The van der Waals surface area contributed by atoms with Crippen LogP contribution in [0, 0.1) is 0 Å². The van der Waals surface area contributed by atoms with E-state index in [1.807, 2.05) is 64.1 Å². The number of nitrogens with one attached hydrogen (secondary N) is 1. The van der Waals surface area contributed by atoms with E-state index in [1.54, 1.807) is 0 Å². The zero-order valence-electron chi connectivity index (χ0n) is 12.3. The molecule has 0 aliphatic heterocycles. The number of benzene rings is 1. The quantitative estimate of drug-likeness (QED) is 0.904. The molecule has 1 heterocycles. The number of ether oxygens (including phenoxy) is 1. The largest absolute Gasteiger partial charge is 0.444 e. The SMILES string of the molecule is CC(NC(=O)OC(C)(C)C)c1ccc2ccccc2n1. The number of amides is 1. The Labute approximate surface area is 119 Å². The first-order chi connectivity index (χ1) is 9.35. The second-order valence-corrected chi connectivity index (χ2v) is 5.80. The number of fused-ring (bicyclic) bond motifs is 1. The number of rotatable bonds is 2. The molecule has 1 aromatic carbocycles. The highest BCUT2D eigenvalue weighted by Crippen LogP contribution is 2.17. The van der Waals surface area contributed by atoms with E-state index in [1.165, 1.54) is 0 Å². The molecular weight excluding hydrogens is 252 g/mol. The lowest BCUT2D eigenvalue weighted by Crippen LogP contribution is -2.34. The maximum absolute atomic E-state index is 11.7. The van der Waals surface area contributed by atoms with Gasteiger partial charge in [-0.05, 0) is 39.8 Å². The standard InChI is InChI=1S/C16H20N2O2/c1-11(17-15(19)20-16(2,3)4)13-10-9-12-7-5-6-8-14(12)18-13/h5-11H,1-4H3,(H,17,19). The van der Waals surface area contributed by atoms with Gasteiger partial charge in [-0.3, -0.25) is 4.98 Å². The Morgan fingerprint density at radius 2 is 1.90 bits per heavy atom. The highest BCUT2D eigenvalue weighted by atomic mass is 16.6. The van der Waals surface area contributed by atoms with Gasteiger partial charge in [0.25, 0.3) is 0 Å². The molecule has 0 aliphatic rings. The Hall–Kier alpha value is -2.10. The van der Waals surface area contributed by atoms with Crippen LogP contribution < -0.4 is 5.32 Å². The van der Waals surface area contributed by atoms with Gasteiger partial charge < -0.3 is 10.1 Å². The summed E-state index contributed by atoms with van der Waals surface area (Å²) in [6.45, 7) is 7.41. The van der Waals surface area contributed by atoms with E-state index in [4.69, 9.17) is 4.74 Å². The third-order valence-corrected chi connectivity index (χ3v) is 2.80. The molecule has 106 valence electrons. The van der Waals surface area contributed by atoms with Crippen molar-refractivity contribution in [3.63, 3.8) is 0 Å². The van der Waals surface area contributed by atoms with Gasteiger partial charge in [0.05, 0.1) is 17.3 Å². The third-order valence-electron chi connectivity index (χ3n) is 2.80. The van der Waals surface area contributed by atoms with Gasteiger partial charge in [0, 0.05) is 5.39 Å². The van der Waals surface area contributed by atoms with E-state index >= 15 is 0 Å². The summed E-state index contributed by atoms with van der Waals surface area (Å²) in [5, 5.41) is 3.88. The second kappa shape index (κ2) is 5.49.